The number of hydrogen-bond acceptors (Lipinski definition) is 3. The van der Waals surface area contributed by atoms with Crippen LogP contribution in [0.25, 0.3) is 0 Å². The lowest BCUT2D eigenvalue weighted by Gasteiger charge is -2.14. The number of nitrogens with one attached hydrogen (secondary N) is 2. The van der Waals surface area contributed by atoms with E-state index in [4.69, 9.17) is 12.2 Å². The summed E-state index contributed by atoms with van der Waals surface area (Å²) in [5.41, 5.74) is 2.44. The second kappa shape index (κ2) is 8.16. The number of hydrazone groups is 1. The molecule has 0 radical (unpaired) electrons. The van der Waals surface area contributed by atoms with Gasteiger partial charge in [0.2, 0.25) is 0 Å². The Kier molecular flexibility index (Phi) is 6.22. The Morgan fingerprint density at radius 1 is 1.12 bits per heavy atom. The monoisotopic (exact) mass is 369 g/mol. The summed E-state index contributed by atoms with van der Waals surface area (Å²) >= 11 is 6.59. The van der Waals surface area contributed by atoms with Gasteiger partial charge in [-0.25, -0.2) is 0 Å². The zero-order valence-electron chi connectivity index (χ0n) is 12.6. The minimum atomic E-state index is -4.46. The summed E-state index contributed by atoms with van der Waals surface area (Å²) in [6, 6.07) is 12.8. The molecule has 2 rings (SSSR count). The van der Waals surface area contributed by atoms with Crippen molar-refractivity contribution in [3.8, 4) is 0 Å². The normalized spacial score (nSPS) is 11.5. The molecule has 0 atom stereocenters. The third-order valence-corrected chi connectivity index (χ3v) is 3.91. The first-order chi connectivity index (χ1) is 11.4. The van der Waals surface area contributed by atoms with Crippen molar-refractivity contribution >= 4 is 41.0 Å². The molecule has 8 heteroatoms. The third-order valence-electron chi connectivity index (χ3n) is 2.98. The molecular weight excluding hydrogens is 355 g/mol. The van der Waals surface area contributed by atoms with Crippen molar-refractivity contribution in [1.29, 1.82) is 0 Å². The average molecular weight is 369 g/mol. The van der Waals surface area contributed by atoms with E-state index in [9.17, 15) is 13.2 Å². The lowest BCUT2D eigenvalue weighted by atomic mass is 10.2. The minimum Gasteiger partial charge on any atom is -0.331 e. The molecule has 3 nitrogen and oxygen atoms in total. The van der Waals surface area contributed by atoms with E-state index in [1.807, 2.05) is 30.5 Å². The van der Waals surface area contributed by atoms with Crippen molar-refractivity contribution in [2.75, 3.05) is 11.6 Å². The number of rotatable bonds is 4. The predicted molar refractivity (Wildman–Crippen MR) is 96.6 cm³/mol. The van der Waals surface area contributed by atoms with Crippen LogP contribution in [-0.2, 0) is 6.18 Å². The summed E-state index contributed by atoms with van der Waals surface area (Å²) in [4.78, 5) is 1.13. The van der Waals surface area contributed by atoms with E-state index >= 15 is 0 Å². The van der Waals surface area contributed by atoms with E-state index in [1.54, 1.807) is 11.8 Å². The summed E-state index contributed by atoms with van der Waals surface area (Å²) in [5, 5.41) is 6.40. The Balaban J connectivity index is 1.97. The van der Waals surface area contributed by atoms with E-state index in [0.29, 0.717) is 0 Å². The Hall–Kier alpha value is -2.06. The highest BCUT2D eigenvalue weighted by molar-refractivity contribution is 7.98. The molecule has 0 heterocycles. The van der Waals surface area contributed by atoms with Crippen LogP contribution in [0.5, 0.6) is 0 Å². The van der Waals surface area contributed by atoms with Gasteiger partial charge in [0.05, 0.1) is 17.5 Å². The van der Waals surface area contributed by atoms with Gasteiger partial charge in [0, 0.05) is 4.90 Å². The van der Waals surface area contributed by atoms with Gasteiger partial charge in [0.25, 0.3) is 0 Å². The van der Waals surface area contributed by atoms with Crippen LogP contribution in [0.4, 0.5) is 18.9 Å². The molecule has 0 saturated carbocycles. The fourth-order valence-corrected chi connectivity index (χ4v) is 2.42. The average Bonchev–Trinajstić information content (AvgIpc) is 2.55. The van der Waals surface area contributed by atoms with Gasteiger partial charge in [-0.15, -0.1) is 11.8 Å². The highest BCUT2D eigenvalue weighted by Crippen LogP contribution is 2.34. The van der Waals surface area contributed by atoms with Crippen LogP contribution in [0.3, 0.4) is 0 Å². The summed E-state index contributed by atoms with van der Waals surface area (Å²) in [5.74, 6) is 0. The SMILES string of the molecule is CSc1ccc(/C=N/NC(=S)Nc2ccccc2C(F)(F)F)cc1. The van der Waals surface area contributed by atoms with Gasteiger partial charge in [-0.2, -0.15) is 18.3 Å². The number of nitrogens with zero attached hydrogens (tertiary/aromatic N) is 1. The van der Waals surface area contributed by atoms with Crippen LogP contribution in [0.2, 0.25) is 0 Å². The Morgan fingerprint density at radius 3 is 2.42 bits per heavy atom. The molecule has 0 aliphatic carbocycles. The van der Waals surface area contributed by atoms with E-state index in [-0.39, 0.29) is 10.8 Å². The third kappa shape index (κ3) is 5.24. The van der Waals surface area contributed by atoms with Crippen molar-refractivity contribution < 1.29 is 13.2 Å². The molecule has 2 aromatic rings. The molecule has 0 saturated heterocycles. The zero-order valence-corrected chi connectivity index (χ0v) is 14.2. The van der Waals surface area contributed by atoms with Crippen LogP contribution >= 0.6 is 24.0 Å². The molecule has 126 valence electrons. The van der Waals surface area contributed by atoms with Crippen molar-refractivity contribution in [1.82, 2.24) is 5.43 Å². The van der Waals surface area contributed by atoms with Crippen molar-refractivity contribution in [2.24, 2.45) is 5.10 Å². The molecule has 0 unspecified atom stereocenters. The Bertz CT molecular complexity index is 728. The number of hydrogen-bond donors (Lipinski definition) is 2. The van der Waals surface area contributed by atoms with Gasteiger partial charge < -0.3 is 5.32 Å². The van der Waals surface area contributed by atoms with Gasteiger partial charge in [0.15, 0.2) is 5.11 Å². The summed E-state index contributed by atoms with van der Waals surface area (Å²) < 4.78 is 38.7. The standard InChI is InChI=1S/C16H14F3N3S2/c1-24-12-8-6-11(7-9-12)10-20-22-15(23)21-14-5-3-2-4-13(14)16(17,18)19/h2-10H,1H3,(H2,21,22,23)/b20-10+. The van der Waals surface area contributed by atoms with Crippen LogP contribution in [0.1, 0.15) is 11.1 Å². The van der Waals surface area contributed by atoms with Crippen LogP contribution in [0.15, 0.2) is 58.5 Å². The molecule has 2 N–H and O–H groups in total. The van der Waals surface area contributed by atoms with Crippen LogP contribution < -0.4 is 10.7 Å². The Morgan fingerprint density at radius 2 is 1.79 bits per heavy atom. The summed E-state index contributed by atoms with van der Waals surface area (Å²) in [7, 11) is 0. The molecule has 0 fully saturated rings. The lowest BCUT2D eigenvalue weighted by molar-refractivity contribution is -0.136. The molecular formula is C16H14F3N3S2. The maximum atomic E-state index is 12.9. The number of thioether (sulfide) groups is 1. The van der Waals surface area contributed by atoms with Gasteiger partial charge in [0.1, 0.15) is 0 Å². The number of para-hydroxylation sites is 1. The van der Waals surface area contributed by atoms with Gasteiger partial charge in [-0.05, 0) is 48.3 Å². The molecule has 0 bridgehead atoms. The molecule has 0 spiro atoms. The van der Waals surface area contributed by atoms with Crippen LogP contribution in [-0.4, -0.2) is 17.6 Å². The summed E-state index contributed by atoms with van der Waals surface area (Å²) in [6.45, 7) is 0. The Labute approximate surface area is 147 Å². The van der Waals surface area contributed by atoms with Gasteiger partial charge >= 0.3 is 6.18 Å². The molecule has 0 aliphatic rings. The number of alkyl halides is 3. The van der Waals surface area contributed by atoms with E-state index in [0.717, 1.165) is 16.5 Å². The lowest BCUT2D eigenvalue weighted by Crippen LogP contribution is -2.25. The van der Waals surface area contributed by atoms with Crippen LogP contribution in [0, 0.1) is 0 Å². The highest BCUT2D eigenvalue weighted by Gasteiger charge is 2.33. The molecule has 0 aliphatic heterocycles. The smallest absolute Gasteiger partial charge is 0.331 e. The van der Waals surface area contributed by atoms with E-state index < -0.39 is 11.7 Å². The minimum absolute atomic E-state index is 0.0244. The number of anilines is 1. The van der Waals surface area contributed by atoms with Crippen molar-refractivity contribution in [3.05, 3.63) is 59.7 Å². The first-order valence-electron chi connectivity index (χ1n) is 6.80. The summed E-state index contributed by atoms with van der Waals surface area (Å²) in [6.07, 6.45) is -0.942. The fourth-order valence-electron chi connectivity index (χ4n) is 1.84. The van der Waals surface area contributed by atoms with Crippen molar-refractivity contribution in [3.63, 3.8) is 0 Å². The van der Waals surface area contributed by atoms with Gasteiger partial charge in [-0.3, -0.25) is 5.43 Å². The fraction of sp³-hybridized carbons (Fsp3) is 0.125. The largest absolute Gasteiger partial charge is 0.418 e. The molecule has 0 aromatic heterocycles. The maximum Gasteiger partial charge on any atom is 0.418 e. The van der Waals surface area contributed by atoms with E-state index in [1.165, 1.54) is 24.4 Å². The second-order valence-corrected chi connectivity index (χ2v) is 5.93. The number of halogens is 3. The maximum absolute atomic E-state index is 12.9. The van der Waals surface area contributed by atoms with Gasteiger partial charge in [-0.1, -0.05) is 24.3 Å². The van der Waals surface area contributed by atoms with Crippen molar-refractivity contribution in [2.45, 2.75) is 11.1 Å². The quantitative estimate of drug-likeness (QED) is 0.353. The molecule has 2 aromatic carbocycles. The zero-order chi connectivity index (χ0) is 17.6. The molecule has 24 heavy (non-hydrogen) atoms. The first-order valence-corrected chi connectivity index (χ1v) is 8.44. The number of thiocarbonyl (C=S) groups is 1. The molecule has 0 amide bonds. The van der Waals surface area contributed by atoms with E-state index in [2.05, 4.69) is 15.8 Å². The predicted octanol–water partition coefficient (Wildman–Crippen LogP) is 4.75. The highest BCUT2D eigenvalue weighted by atomic mass is 32.2. The first kappa shape index (κ1) is 18.3. The number of benzene rings is 2. The second-order valence-electron chi connectivity index (χ2n) is 4.64. The topological polar surface area (TPSA) is 36.4 Å².